The summed E-state index contributed by atoms with van der Waals surface area (Å²) in [5.74, 6) is 0.890. The van der Waals surface area contributed by atoms with Gasteiger partial charge in [-0.1, -0.05) is 0 Å². The van der Waals surface area contributed by atoms with E-state index in [2.05, 4.69) is 5.32 Å². The summed E-state index contributed by atoms with van der Waals surface area (Å²) in [6, 6.07) is 4.01. The highest BCUT2D eigenvalue weighted by molar-refractivity contribution is 5.99. The molecule has 3 heteroatoms. The highest BCUT2D eigenvalue weighted by Gasteiger charge is 2.23. The number of rotatable bonds is 1. The molecule has 2 rings (SSSR count). The van der Waals surface area contributed by atoms with Crippen molar-refractivity contribution in [3.63, 3.8) is 0 Å². The number of Topliss-reactive ketones (excluding diaryl/α,β-unsaturated/α-hetero) is 1. The van der Waals surface area contributed by atoms with E-state index in [1.807, 2.05) is 33.0 Å². The molecule has 0 bridgehead atoms. The predicted molar refractivity (Wildman–Crippen MR) is 63.2 cm³/mol. The van der Waals surface area contributed by atoms with Gasteiger partial charge in [-0.25, -0.2) is 0 Å². The largest absolute Gasteiger partial charge is 0.491 e. The molecule has 1 aromatic rings. The highest BCUT2D eigenvalue weighted by Crippen LogP contribution is 2.27. The molecular weight excluding hydrogens is 202 g/mol. The lowest BCUT2D eigenvalue weighted by Gasteiger charge is -2.11. The van der Waals surface area contributed by atoms with Crippen LogP contribution >= 0.6 is 0 Å². The van der Waals surface area contributed by atoms with Gasteiger partial charge in [0.1, 0.15) is 12.4 Å². The van der Waals surface area contributed by atoms with E-state index in [4.69, 9.17) is 4.74 Å². The zero-order valence-corrected chi connectivity index (χ0v) is 9.96. The van der Waals surface area contributed by atoms with Crippen LogP contribution in [0.25, 0.3) is 0 Å². The van der Waals surface area contributed by atoms with E-state index in [0.717, 1.165) is 22.4 Å². The molecule has 1 unspecified atom stereocenters. The highest BCUT2D eigenvalue weighted by atomic mass is 16.5. The number of benzene rings is 1. The molecule has 0 spiro atoms. The smallest absolute Gasteiger partial charge is 0.168 e. The van der Waals surface area contributed by atoms with E-state index >= 15 is 0 Å². The van der Waals surface area contributed by atoms with Crippen LogP contribution < -0.4 is 10.1 Å². The summed E-state index contributed by atoms with van der Waals surface area (Å²) in [6.07, 6.45) is 0.506. The van der Waals surface area contributed by atoms with E-state index < -0.39 is 0 Å². The van der Waals surface area contributed by atoms with Crippen molar-refractivity contribution in [2.45, 2.75) is 26.3 Å². The molecular formula is C13H17NO2. The summed E-state index contributed by atoms with van der Waals surface area (Å²) in [6.45, 7) is 4.60. The van der Waals surface area contributed by atoms with Crippen LogP contribution in [0, 0.1) is 13.8 Å². The van der Waals surface area contributed by atoms with Gasteiger partial charge in [0.2, 0.25) is 0 Å². The second-order valence-electron chi connectivity index (χ2n) is 4.36. The third-order valence-corrected chi connectivity index (χ3v) is 3.18. The van der Waals surface area contributed by atoms with Crippen LogP contribution in [0.5, 0.6) is 5.75 Å². The quantitative estimate of drug-likeness (QED) is 0.783. The van der Waals surface area contributed by atoms with Crippen LogP contribution in [-0.4, -0.2) is 25.5 Å². The first-order chi connectivity index (χ1) is 7.61. The maximum Gasteiger partial charge on any atom is 0.168 e. The molecule has 3 nitrogen and oxygen atoms in total. The van der Waals surface area contributed by atoms with Gasteiger partial charge in [-0.2, -0.15) is 0 Å². The maximum atomic E-state index is 12.0. The number of hydrogen-bond donors (Lipinski definition) is 1. The molecule has 1 atom stereocenters. The monoisotopic (exact) mass is 219 g/mol. The van der Waals surface area contributed by atoms with Gasteiger partial charge in [0.15, 0.2) is 5.78 Å². The van der Waals surface area contributed by atoms with E-state index in [1.165, 1.54) is 0 Å². The zero-order valence-electron chi connectivity index (χ0n) is 9.96. The summed E-state index contributed by atoms with van der Waals surface area (Å²) < 4.78 is 5.67. The molecule has 1 N–H and O–H groups in total. The second-order valence-corrected chi connectivity index (χ2v) is 4.36. The lowest BCUT2D eigenvalue weighted by molar-refractivity contribution is 0.0972. The molecule has 1 aliphatic rings. The number of likely N-dealkylation sites (N-methyl/N-ethyl adjacent to an activating group) is 1. The summed E-state index contributed by atoms with van der Waals surface area (Å²) in [7, 11) is 1.85. The number of ketones is 1. The average molecular weight is 219 g/mol. The molecule has 0 aromatic heterocycles. The molecule has 1 heterocycles. The lowest BCUT2D eigenvalue weighted by atomic mass is 10.00. The Bertz CT molecular complexity index is 426. The van der Waals surface area contributed by atoms with Gasteiger partial charge in [-0.15, -0.1) is 0 Å². The summed E-state index contributed by atoms with van der Waals surface area (Å²) in [5, 5.41) is 3.09. The first-order valence-corrected chi connectivity index (χ1v) is 5.56. The number of carbonyl (C=O) groups excluding carboxylic acids is 1. The van der Waals surface area contributed by atoms with Gasteiger partial charge in [-0.3, -0.25) is 4.79 Å². The molecule has 86 valence electrons. The van der Waals surface area contributed by atoms with Crippen molar-refractivity contribution in [2.75, 3.05) is 13.7 Å². The molecule has 0 amide bonds. The Labute approximate surface area is 95.8 Å². The van der Waals surface area contributed by atoms with Crippen molar-refractivity contribution in [2.24, 2.45) is 0 Å². The van der Waals surface area contributed by atoms with Crippen LogP contribution in [0.15, 0.2) is 12.1 Å². The van der Waals surface area contributed by atoms with Gasteiger partial charge < -0.3 is 10.1 Å². The van der Waals surface area contributed by atoms with Gasteiger partial charge >= 0.3 is 0 Å². The topological polar surface area (TPSA) is 38.3 Å². The Morgan fingerprint density at radius 3 is 2.69 bits per heavy atom. The van der Waals surface area contributed by atoms with E-state index in [-0.39, 0.29) is 11.8 Å². The normalized spacial score (nSPS) is 19.9. The van der Waals surface area contributed by atoms with Crippen LogP contribution in [0.4, 0.5) is 0 Å². The summed E-state index contributed by atoms with van der Waals surface area (Å²) in [4.78, 5) is 12.0. The molecule has 1 aromatic carbocycles. The Hall–Kier alpha value is -1.35. The van der Waals surface area contributed by atoms with Gasteiger partial charge in [0, 0.05) is 12.5 Å². The second kappa shape index (κ2) is 4.26. The standard InChI is InChI=1S/C13H17NO2/c1-8-4-11-12(15)6-10(14-3)7-16-13(11)5-9(8)2/h4-5,10,14H,6-7H2,1-3H3. The molecule has 0 saturated heterocycles. The number of carbonyl (C=O) groups is 1. The number of aryl methyl sites for hydroxylation is 2. The molecule has 0 saturated carbocycles. The average Bonchev–Trinajstić information content (AvgIpc) is 2.41. The third-order valence-electron chi connectivity index (χ3n) is 3.18. The minimum absolute atomic E-state index is 0.112. The molecule has 1 aliphatic heterocycles. The van der Waals surface area contributed by atoms with Crippen molar-refractivity contribution in [1.82, 2.24) is 5.32 Å². The fourth-order valence-electron chi connectivity index (χ4n) is 1.90. The van der Waals surface area contributed by atoms with Crippen molar-refractivity contribution < 1.29 is 9.53 Å². The van der Waals surface area contributed by atoms with Gasteiger partial charge in [-0.05, 0) is 44.2 Å². The number of nitrogens with one attached hydrogen (secondary N) is 1. The number of fused-ring (bicyclic) bond motifs is 1. The van der Waals surface area contributed by atoms with Crippen LogP contribution in [0.1, 0.15) is 27.9 Å². The third kappa shape index (κ3) is 1.95. The van der Waals surface area contributed by atoms with E-state index in [1.54, 1.807) is 0 Å². The predicted octanol–water partition coefficient (Wildman–Crippen LogP) is 1.86. The maximum absolute atomic E-state index is 12.0. The summed E-state index contributed by atoms with van der Waals surface area (Å²) >= 11 is 0. The van der Waals surface area contributed by atoms with Gasteiger partial charge in [0.25, 0.3) is 0 Å². The minimum Gasteiger partial charge on any atom is -0.491 e. The minimum atomic E-state index is 0.112. The number of hydrogen-bond acceptors (Lipinski definition) is 3. The van der Waals surface area contributed by atoms with Crippen molar-refractivity contribution in [3.8, 4) is 5.75 Å². The Morgan fingerprint density at radius 1 is 1.31 bits per heavy atom. The van der Waals surface area contributed by atoms with Crippen LogP contribution in [0.3, 0.4) is 0 Å². The van der Waals surface area contributed by atoms with E-state index in [0.29, 0.717) is 13.0 Å². The molecule has 0 fully saturated rings. The van der Waals surface area contributed by atoms with E-state index in [9.17, 15) is 4.79 Å². The van der Waals surface area contributed by atoms with Crippen molar-refractivity contribution in [1.29, 1.82) is 0 Å². The Kier molecular flexibility index (Phi) is 2.97. The molecule has 16 heavy (non-hydrogen) atoms. The first kappa shape index (κ1) is 11.1. The van der Waals surface area contributed by atoms with Crippen LogP contribution in [0.2, 0.25) is 0 Å². The van der Waals surface area contributed by atoms with Crippen molar-refractivity contribution in [3.05, 3.63) is 28.8 Å². The summed E-state index contributed by atoms with van der Waals surface area (Å²) in [5.41, 5.74) is 3.02. The molecule has 0 radical (unpaired) electrons. The van der Waals surface area contributed by atoms with Crippen LogP contribution in [-0.2, 0) is 0 Å². The number of ether oxygens (including phenoxy) is 1. The Balaban J connectivity index is 2.41. The SMILES string of the molecule is CNC1COc2cc(C)c(C)cc2C(=O)C1. The lowest BCUT2D eigenvalue weighted by Crippen LogP contribution is -2.32. The van der Waals surface area contributed by atoms with Gasteiger partial charge in [0.05, 0.1) is 5.56 Å². The fourth-order valence-corrected chi connectivity index (χ4v) is 1.90. The molecule has 0 aliphatic carbocycles. The Morgan fingerprint density at radius 2 is 2.00 bits per heavy atom. The zero-order chi connectivity index (χ0) is 11.7. The first-order valence-electron chi connectivity index (χ1n) is 5.56. The van der Waals surface area contributed by atoms with Crippen molar-refractivity contribution >= 4 is 5.78 Å². The fraction of sp³-hybridized carbons (Fsp3) is 0.462.